The maximum Gasteiger partial charge on any atom is 0.336 e. The SMILES string of the molecule is NC(=O)[C@H](CSc1cc([N+](=O)[O-])ccc1C(=O)O)NCCc1ccccc1. The van der Waals surface area contributed by atoms with Crippen LogP contribution in [0.25, 0.3) is 0 Å². The van der Waals surface area contributed by atoms with Crippen molar-refractivity contribution in [2.75, 3.05) is 12.3 Å². The van der Waals surface area contributed by atoms with E-state index in [1.165, 1.54) is 12.1 Å². The van der Waals surface area contributed by atoms with E-state index in [0.29, 0.717) is 13.0 Å². The summed E-state index contributed by atoms with van der Waals surface area (Å²) in [6, 6.07) is 12.5. The van der Waals surface area contributed by atoms with Gasteiger partial charge in [-0.3, -0.25) is 14.9 Å². The summed E-state index contributed by atoms with van der Waals surface area (Å²) in [4.78, 5) is 33.5. The zero-order valence-corrected chi connectivity index (χ0v) is 15.1. The zero-order chi connectivity index (χ0) is 19.8. The third kappa shape index (κ3) is 6.08. The minimum absolute atomic E-state index is 0.0573. The van der Waals surface area contributed by atoms with Crippen LogP contribution in [-0.4, -0.2) is 40.2 Å². The molecule has 0 aliphatic carbocycles. The van der Waals surface area contributed by atoms with Gasteiger partial charge in [0.15, 0.2) is 0 Å². The Morgan fingerprint density at radius 2 is 1.93 bits per heavy atom. The van der Waals surface area contributed by atoms with Crippen LogP contribution in [0.3, 0.4) is 0 Å². The van der Waals surface area contributed by atoms with Crippen molar-refractivity contribution < 1.29 is 19.6 Å². The Morgan fingerprint density at radius 3 is 2.52 bits per heavy atom. The molecule has 2 aromatic rings. The average molecular weight is 389 g/mol. The maximum absolute atomic E-state index is 11.7. The molecule has 0 aliphatic rings. The molecule has 1 atom stereocenters. The van der Waals surface area contributed by atoms with Gasteiger partial charge in [-0.25, -0.2) is 4.79 Å². The minimum Gasteiger partial charge on any atom is -0.478 e. The third-order valence-corrected chi connectivity index (χ3v) is 4.95. The Bertz CT molecular complexity index is 829. The Morgan fingerprint density at radius 1 is 1.22 bits per heavy atom. The lowest BCUT2D eigenvalue weighted by Crippen LogP contribution is -2.44. The molecule has 2 rings (SSSR count). The molecular weight excluding hydrogens is 370 g/mol. The standard InChI is InChI=1S/C18H19N3O5S/c19-17(22)15(20-9-8-12-4-2-1-3-5-12)11-27-16-10-13(21(25)26)6-7-14(16)18(23)24/h1-7,10,15,20H,8-9,11H2,(H2,19,22)(H,23,24)/t15-/m0/s1. The van der Waals surface area contributed by atoms with Crippen molar-refractivity contribution in [2.45, 2.75) is 17.4 Å². The summed E-state index contributed by atoms with van der Waals surface area (Å²) in [7, 11) is 0. The van der Waals surface area contributed by atoms with Crippen LogP contribution in [0.5, 0.6) is 0 Å². The fourth-order valence-electron chi connectivity index (χ4n) is 2.37. The number of carbonyl (C=O) groups excluding carboxylic acids is 1. The van der Waals surface area contributed by atoms with Gasteiger partial charge in [0.2, 0.25) is 5.91 Å². The van der Waals surface area contributed by atoms with Crippen LogP contribution in [0.4, 0.5) is 5.69 Å². The lowest BCUT2D eigenvalue weighted by Gasteiger charge is -2.15. The third-order valence-electron chi connectivity index (χ3n) is 3.80. The van der Waals surface area contributed by atoms with Gasteiger partial charge >= 0.3 is 5.97 Å². The van der Waals surface area contributed by atoms with Crippen molar-refractivity contribution >= 4 is 29.3 Å². The number of thioether (sulfide) groups is 1. The summed E-state index contributed by atoms with van der Waals surface area (Å²) in [6.45, 7) is 0.513. The molecule has 0 spiro atoms. The molecule has 142 valence electrons. The molecule has 9 heteroatoms. The first-order valence-electron chi connectivity index (χ1n) is 8.09. The topological polar surface area (TPSA) is 136 Å². The first-order chi connectivity index (χ1) is 12.9. The number of nitrogens with one attached hydrogen (secondary N) is 1. The van der Waals surface area contributed by atoms with Gasteiger partial charge in [-0.15, -0.1) is 11.8 Å². The monoisotopic (exact) mass is 389 g/mol. The molecule has 0 saturated heterocycles. The van der Waals surface area contributed by atoms with Crippen LogP contribution in [0.15, 0.2) is 53.4 Å². The van der Waals surface area contributed by atoms with Gasteiger partial charge in [-0.05, 0) is 24.6 Å². The van der Waals surface area contributed by atoms with Crippen molar-refractivity contribution in [3.63, 3.8) is 0 Å². The van der Waals surface area contributed by atoms with Gasteiger partial charge in [0.1, 0.15) is 0 Å². The second-order valence-electron chi connectivity index (χ2n) is 5.70. The van der Waals surface area contributed by atoms with E-state index in [2.05, 4.69) is 5.32 Å². The quantitative estimate of drug-likeness (QED) is 0.321. The van der Waals surface area contributed by atoms with Gasteiger partial charge < -0.3 is 16.2 Å². The highest BCUT2D eigenvalue weighted by atomic mass is 32.2. The van der Waals surface area contributed by atoms with E-state index in [9.17, 15) is 24.8 Å². The number of carboxylic acids is 1. The number of benzene rings is 2. The van der Waals surface area contributed by atoms with Gasteiger partial charge in [-0.1, -0.05) is 30.3 Å². The molecule has 8 nitrogen and oxygen atoms in total. The Balaban J connectivity index is 2.02. The summed E-state index contributed by atoms with van der Waals surface area (Å²) in [5.74, 6) is -1.61. The number of hydrogen-bond donors (Lipinski definition) is 3. The van der Waals surface area contributed by atoms with Crippen LogP contribution in [0.1, 0.15) is 15.9 Å². The van der Waals surface area contributed by atoms with Gasteiger partial charge in [0.25, 0.3) is 5.69 Å². The van der Waals surface area contributed by atoms with E-state index in [-0.39, 0.29) is 21.9 Å². The number of carbonyl (C=O) groups is 2. The minimum atomic E-state index is -1.19. The number of hydrogen-bond acceptors (Lipinski definition) is 6. The second-order valence-corrected chi connectivity index (χ2v) is 6.76. The van der Waals surface area contributed by atoms with Crippen molar-refractivity contribution in [3.8, 4) is 0 Å². The lowest BCUT2D eigenvalue weighted by atomic mass is 10.1. The van der Waals surface area contributed by atoms with Crippen LogP contribution in [0.2, 0.25) is 0 Å². The molecule has 2 aromatic carbocycles. The number of amides is 1. The first-order valence-corrected chi connectivity index (χ1v) is 9.08. The van der Waals surface area contributed by atoms with E-state index in [1.54, 1.807) is 0 Å². The maximum atomic E-state index is 11.7. The number of aromatic carboxylic acids is 1. The summed E-state index contributed by atoms with van der Waals surface area (Å²) in [6.07, 6.45) is 0.701. The van der Waals surface area contributed by atoms with Crippen molar-refractivity contribution in [2.24, 2.45) is 5.73 Å². The van der Waals surface area contributed by atoms with Crippen LogP contribution < -0.4 is 11.1 Å². The van der Waals surface area contributed by atoms with Crippen molar-refractivity contribution in [1.29, 1.82) is 0 Å². The van der Waals surface area contributed by atoms with E-state index in [4.69, 9.17) is 5.73 Å². The summed E-state index contributed by atoms with van der Waals surface area (Å²) >= 11 is 1.04. The fourth-order valence-corrected chi connectivity index (χ4v) is 3.51. The Labute approximate surface area is 159 Å². The van der Waals surface area contributed by atoms with E-state index >= 15 is 0 Å². The highest BCUT2D eigenvalue weighted by Gasteiger charge is 2.20. The van der Waals surface area contributed by atoms with Crippen molar-refractivity contribution in [1.82, 2.24) is 5.32 Å². The van der Waals surface area contributed by atoms with Gasteiger partial charge in [-0.2, -0.15) is 0 Å². The fraction of sp³-hybridized carbons (Fsp3) is 0.222. The molecule has 0 aromatic heterocycles. The van der Waals surface area contributed by atoms with E-state index in [1.807, 2.05) is 30.3 Å². The normalized spacial score (nSPS) is 11.7. The molecule has 0 radical (unpaired) electrons. The molecule has 0 aliphatic heterocycles. The van der Waals surface area contributed by atoms with Crippen LogP contribution in [0, 0.1) is 10.1 Å². The van der Waals surface area contributed by atoms with Crippen molar-refractivity contribution in [3.05, 3.63) is 69.8 Å². The highest BCUT2D eigenvalue weighted by molar-refractivity contribution is 7.99. The van der Waals surface area contributed by atoms with E-state index < -0.39 is 22.8 Å². The number of non-ortho nitro benzene ring substituents is 1. The number of carboxylic acid groups (broad SMARTS) is 1. The summed E-state index contributed by atoms with van der Waals surface area (Å²) in [5.41, 5.74) is 6.25. The molecule has 4 N–H and O–H groups in total. The molecule has 0 saturated carbocycles. The molecule has 0 heterocycles. The lowest BCUT2D eigenvalue weighted by molar-refractivity contribution is -0.385. The zero-order valence-electron chi connectivity index (χ0n) is 14.3. The predicted octanol–water partition coefficient (Wildman–Crippen LogP) is 2.07. The molecule has 0 unspecified atom stereocenters. The Kier molecular flexibility index (Phi) is 7.33. The van der Waals surface area contributed by atoms with Gasteiger partial charge in [0.05, 0.1) is 16.5 Å². The summed E-state index contributed by atoms with van der Waals surface area (Å²) in [5, 5.41) is 23.2. The first kappa shape index (κ1) is 20.4. The highest BCUT2D eigenvalue weighted by Crippen LogP contribution is 2.28. The average Bonchev–Trinajstić information content (AvgIpc) is 2.64. The number of rotatable bonds is 10. The second kappa shape index (κ2) is 9.70. The summed E-state index contributed by atoms with van der Waals surface area (Å²) < 4.78 is 0. The van der Waals surface area contributed by atoms with Crippen LogP contribution >= 0.6 is 11.8 Å². The number of primary amides is 1. The smallest absolute Gasteiger partial charge is 0.336 e. The number of nitro groups is 1. The molecule has 1 amide bonds. The molecular formula is C18H19N3O5S. The van der Waals surface area contributed by atoms with Crippen LogP contribution in [-0.2, 0) is 11.2 Å². The van der Waals surface area contributed by atoms with Gasteiger partial charge in [0, 0.05) is 22.8 Å². The molecule has 0 bridgehead atoms. The number of nitrogens with two attached hydrogens (primary N) is 1. The molecule has 0 fully saturated rings. The largest absolute Gasteiger partial charge is 0.478 e. The molecule has 27 heavy (non-hydrogen) atoms. The number of nitro benzene ring substituents is 1. The number of nitrogens with zero attached hydrogens (tertiary/aromatic N) is 1. The van der Waals surface area contributed by atoms with E-state index in [0.717, 1.165) is 23.4 Å². The predicted molar refractivity (Wildman–Crippen MR) is 102 cm³/mol. The Hall–Kier alpha value is -2.91.